The van der Waals surface area contributed by atoms with Crippen LogP contribution in [-0.4, -0.2) is 29.3 Å². The van der Waals surface area contributed by atoms with Gasteiger partial charge in [-0.1, -0.05) is 0 Å². The zero-order valence-electron chi connectivity index (χ0n) is 7.13. The maximum Gasteiger partial charge on any atom is 0.386 e. The van der Waals surface area contributed by atoms with Crippen LogP contribution in [0.1, 0.15) is 19.8 Å². The van der Waals surface area contributed by atoms with Crippen LogP contribution in [0.25, 0.3) is 0 Å². The molecule has 1 heterocycles. The number of hydrogen-bond acceptors (Lipinski definition) is 3. The minimum atomic E-state index is -0.984. The lowest BCUT2D eigenvalue weighted by Gasteiger charge is -2.22. The highest BCUT2D eigenvalue weighted by molar-refractivity contribution is 6.44. The van der Waals surface area contributed by atoms with Gasteiger partial charge in [-0.05, 0) is 25.8 Å². The molecule has 65 valence electrons. The van der Waals surface area contributed by atoms with E-state index in [-0.39, 0.29) is 6.29 Å². The molecule has 11 heavy (non-hydrogen) atoms. The first kappa shape index (κ1) is 9.19. The quantitative estimate of drug-likeness (QED) is 0.478. The van der Waals surface area contributed by atoms with Crippen molar-refractivity contribution in [1.29, 1.82) is 0 Å². The predicted molar refractivity (Wildman–Crippen MR) is 43.3 cm³/mol. The zero-order chi connectivity index (χ0) is 8.10. The summed E-state index contributed by atoms with van der Waals surface area (Å²) in [7, 11) is 0.664. The van der Waals surface area contributed by atoms with Gasteiger partial charge >= 0.3 is 9.28 Å². The van der Waals surface area contributed by atoms with Gasteiger partial charge in [0.05, 0.1) is 0 Å². The van der Waals surface area contributed by atoms with E-state index >= 15 is 0 Å². The van der Waals surface area contributed by atoms with E-state index in [1.807, 2.05) is 6.92 Å². The molecular formula is C7H15O3Si. The van der Waals surface area contributed by atoms with Crippen molar-refractivity contribution < 1.29 is 13.6 Å². The van der Waals surface area contributed by atoms with Crippen molar-refractivity contribution in [3.05, 3.63) is 0 Å². The van der Waals surface area contributed by atoms with E-state index in [1.165, 1.54) is 12.8 Å². The summed E-state index contributed by atoms with van der Waals surface area (Å²) in [6.45, 7) is 2.76. The standard InChI is InChI=1S/C7H15O3Si/c1-7(8-2)10-11-6-4-3-5-9-11/h7H,3-6H2,1-2H3. The maximum atomic E-state index is 5.50. The molecule has 3 nitrogen and oxygen atoms in total. The first-order valence-electron chi connectivity index (χ1n) is 4.01. The third kappa shape index (κ3) is 3.33. The summed E-state index contributed by atoms with van der Waals surface area (Å²) in [5.41, 5.74) is 0. The molecule has 0 aliphatic carbocycles. The van der Waals surface area contributed by atoms with Gasteiger partial charge in [-0.3, -0.25) is 0 Å². The number of hydrogen-bond donors (Lipinski definition) is 0. The second-order valence-corrected chi connectivity index (χ2v) is 4.37. The van der Waals surface area contributed by atoms with Crippen LogP contribution in [0.15, 0.2) is 0 Å². The third-order valence-corrected chi connectivity index (χ3v) is 3.55. The Morgan fingerprint density at radius 1 is 1.45 bits per heavy atom. The monoisotopic (exact) mass is 175 g/mol. The van der Waals surface area contributed by atoms with Gasteiger partial charge in [0.25, 0.3) is 0 Å². The van der Waals surface area contributed by atoms with Crippen molar-refractivity contribution in [2.75, 3.05) is 13.7 Å². The van der Waals surface area contributed by atoms with Gasteiger partial charge in [-0.25, -0.2) is 0 Å². The number of rotatable bonds is 3. The fourth-order valence-corrected chi connectivity index (χ4v) is 2.66. The molecule has 1 fully saturated rings. The molecule has 0 aromatic heterocycles. The second kappa shape index (κ2) is 4.87. The Hall–Kier alpha value is 0.0969. The first-order chi connectivity index (χ1) is 5.33. The minimum absolute atomic E-state index is 0.109. The summed E-state index contributed by atoms with van der Waals surface area (Å²) >= 11 is 0. The molecule has 1 saturated heterocycles. The van der Waals surface area contributed by atoms with Crippen molar-refractivity contribution in [2.45, 2.75) is 32.1 Å². The van der Waals surface area contributed by atoms with Crippen LogP contribution in [-0.2, 0) is 13.6 Å². The van der Waals surface area contributed by atoms with E-state index in [4.69, 9.17) is 13.6 Å². The molecule has 0 aromatic carbocycles. The molecule has 0 saturated carbocycles. The van der Waals surface area contributed by atoms with Crippen molar-refractivity contribution in [3.8, 4) is 0 Å². The van der Waals surface area contributed by atoms with Crippen LogP contribution in [0.3, 0.4) is 0 Å². The average molecular weight is 175 g/mol. The van der Waals surface area contributed by atoms with Crippen LogP contribution in [0.5, 0.6) is 0 Å². The molecule has 0 N–H and O–H groups in total. The predicted octanol–water partition coefficient (Wildman–Crippen LogP) is 1.29. The van der Waals surface area contributed by atoms with Crippen molar-refractivity contribution in [2.24, 2.45) is 0 Å². The Balaban J connectivity index is 2.13. The lowest BCUT2D eigenvalue weighted by molar-refractivity contribution is -0.0571. The Kier molecular flexibility index (Phi) is 4.07. The molecular weight excluding hydrogens is 160 g/mol. The van der Waals surface area contributed by atoms with E-state index in [0.717, 1.165) is 12.7 Å². The van der Waals surface area contributed by atoms with Crippen LogP contribution >= 0.6 is 0 Å². The number of ether oxygens (including phenoxy) is 1. The summed E-state index contributed by atoms with van der Waals surface area (Å²) in [5, 5.41) is 0. The van der Waals surface area contributed by atoms with Gasteiger partial charge in [0.15, 0.2) is 0 Å². The normalized spacial score (nSPS) is 23.5. The molecule has 0 bridgehead atoms. The fourth-order valence-electron chi connectivity index (χ4n) is 0.956. The van der Waals surface area contributed by atoms with Gasteiger partial charge in [0, 0.05) is 13.7 Å². The molecule has 1 atom stereocenters. The molecule has 0 spiro atoms. The molecule has 1 aliphatic rings. The highest BCUT2D eigenvalue weighted by Gasteiger charge is 2.21. The average Bonchev–Trinajstić information content (AvgIpc) is 2.06. The van der Waals surface area contributed by atoms with E-state index < -0.39 is 9.28 Å². The topological polar surface area (TPSA) is 27.7 Å². The largest absolute Gasteiger partial charge is 0.393 e. The van der Waals surface area contributed by atoms with Gasteiger partial charge < -0.3 is 13.6 Å². The molecule has 1 rings (SSSR count). The summed E-state index contributed by atoms with van der Waals surface area (Å²) < 4.78 is 15.9. The van der Waals surface area contributed by atoms with Crippen LogP contribution < -0.4 is 0 Å². The van der Waals surface area contributed by atoms with Gasteiger partial charge in [-0.2, -0.15) is 0 Å². The molecule has 1 radical (unpaired) electrons. The van der Waals surface area contributed by atoms with Crippen LogP contribution in [0.2, 0.25) is 6.04 Å². The fraction of sp³-hybridized carbons (Fsp3) is 1.00. The SMILES string of the molecule is COC(C)O[Si]1CCCCO1. The van der Waals surface area contributed by atoms with E-state index in [1.54, 1.807) is 7.11 Å². The minimum Gasteiger partial charge on any atom is -0.393 e. The smallest absolute Gasteiger partial charge is 0.386 e. The van der Waals surface area contributed by atoms with E-state index in [9.17, 15) is 0 Å². The highest BCUT2D eigenvalue weighted by Crippen LogP contribution is 2.12. The van der Waals surface area contributed by atoms with Gasteiger partial charge in [-0.15, -0.1) is 0 Å². The van der Waals surface area contributed by atoms with Crippen LogP contribution in [0.4, 0.5) is 0 Å². The van der Waals surface area contributed by atoms with E-state index in [2.05, 4.69) is 0 Å². The first-order valence-corrected chi connectivity index (χ1v) is 5.53. The Morgan fingerprint density at radius 2 is 2.27 bits per heavy atom. The summed E-state index contributed by atoms with van der Waals surface area (Å²) in [6.07, 6.45) is 2.31. The van der Waals surface area contributed by atoms with Gasteiger partial charge in [0.1, 0.15) is 6.29 Å². The second-order valence-electron chi connectivity index (χ2n) is 2.60. The summed E-state index contributed by atoms with van der Waals surface area (Å²) in [4.78, 5) is 0. The maximum absolute atomic E-state index is 5.50. The lowest BCUT2D eigenvalue weighted by atomic mass is 10.4. The summed E-state index contributed by atoms with van der Waals surface area (Å²) in [5.74, 6) is 0. The highest BCUT2D eigenvalue weighted by atomic mass is 28.3. The summed E-state index contributed by atoms with van der Waals surface area (Å²) in [6, 6.07) is 1.10. The van der Waals surface area contributed by atoms with Crippen molar-refractivity contribution >= 4 is 9.28 Å². The Labute approximate surface area is 69.5 Å². The van der Waals surface area contributed by atoms with Crippen molar-refractivity contribution in [1.82, 2.24) is 0 Å². The van der Waals surface area contributed by atoms with Crippen molar-refractivity contribution in [3.63, 3.8) is 0 Å². The number of methoxy groups -OCH3 is 1. The Morgan fingerprint density at radius 3 is 2.82 bits per heavy atom. The molecule has 4 heteroatoms. The van der Waals surface area contributed by atoms with Crippen LogP contribution in [0, 0.1) is 0 Å². The van der Waals surface area contributed by atoms with E-state index in [0.29, 0.717) is 0 Å². The Bertz CT molecular complexity index is 104. The molecule has 1 aliphatic heterocycles. The molecule has 1 unspecified atom stereocenters. The third-order valence-electron chi connectivity index (χ3n) is 1.67. The van der Waals surface area contributed by atoms with Gasteiger partial charge in [0.2, 0.25) is 0 Å². The molecule has 0 aromatic rings. The molecule has 0 amide bonds. The lowest BCUT2D eigenvalue weighted by Crippen LogP contribution is -2.31. The zero-order valence-corrected chi connectivity index (χ0v) is 8.13.